The first-order chi connectivity index (χ1) is 8.88. The Labute approximate surface area is 106 Å². The molecule has 0 saturated heterocycles. The molecule has 0 aliphatic carbocycles. The molecule has 0 radical (unpaired) electrons. The van der Waals surface area contributed by atoms with Crippen LogP contribution in [0.4, 0.5) is 0 Å². The van der Waals surface area contributed by atoms with Crippen molar-refractivity contribution in [1.29, 1.82) is 0 Å². The molecule has 0 fully saturated rings. The normalized spacial score (nSPS) is 13.3. The molecule has 0 atom stereocenters. The second-order valence-electron chi connectivity index (χ2n) is 4.16. The van der Waals surface area contributed by atoms with Crippen LogP contribution in [-0.2, 0) is 0 Å². The van der Waals surface area contributed by atoms with Crippen LogP contribution in [0.15, 0.2) is 54.6 Å². The largest absolute Gasteiger partial charge is 0.497 e. The Morgan fingerprint density at radius 2 is 1.89 bits per heavy atom. The minimum atomic E-state index is 0.602. The SMILES string of the molecule is COc1ccc2c(c1)OCC=C2c1ccccc1. The van der Waals surface area contributed by atoms with Gasteiger partial charge in [0.25, 0.3) is 0 Å². The maximum Gasteiger partial charge on any atom is 0.131 e. The van der Waals surface area contributed by atoms with Crippen molar-refractivity contribution in [3.05, 3.63) is 65.7 Å². The van der Waals surface area contributed by atoms with Crippen LogP contribution in [0, 0.1) is 0 Å². The first kappa shape index (κ1) is 10.9. The zero-order valence-corrected chi connectivity index (χ0v) is 10.2. The van der Waals surface area contributed by atoms with Gasteiger partial charge in [0, 0.05) is 11.6 Å². The first-order valence-electron chi connectivity index (χ1n) is 5.95. The fourth-order valence-electron chi connectivity index (χ4n) is 2.19. The molecule has 2 aromatic rings. The minimum absolute atomic E-state index is 0.602. The van der Waals surface area contributed by atoms with Crippen LogP contribution in [0.1, 0.15) is 11.1 Å². The van der Waals surface area contributed by atoms with E-state index in [1.54, 1.807) is 7.11 Å². The van der Waals surface area contributed by atoms with Crippen LogP contribution in [0.5, 0.6) is 11.5 Å². The van der Waals surface area contributed by atoms with Crippen molar-refractivity contribution in [2.75, 3.05) is 13.7 Å². The molecule has 0 amide bonds. The van der Waals surface area contributed by atoms with Crippen molar-refractivity contribution in [2.24, 2.45) is 0 Å². The highest BCUT2D eigenvalue weighted by atomic mass is 16.5. The summed E-state index contributed by atoms with van der Waals surface area (Å²) >= 11 is 0. The zero-order chi connectivity index (χ0) is 12.4. The van der Waals surface area contributed by atoms with Gasteiger partial charge < -0.3 is 9.47 Å². The van der Waals surface area contributed by atoms with Crippen molar-refractivity contribution >= 4 is 5.57 Å². The van der Waals surface area contributed by atoms with E-state index in [1.165, 1.54) is 11.1 Å². The molecule has 1 aliphatic rings. The van der Waals surface area contributed by atoms with Gasteiger partial charge in [-0.3, -0.25) is 0 Å². The molecule has 2 heteroatoms. The highest BCUT2D eigenvalue weighted by molar-refractivity contribution is 5.84. The number of fused-ring (bicyclic) bond motifs is 1. The molecule has 0 bridgehead atoms. The van der Waals surface area contributed by atoms with E-state index in [2.05, 4.69) is 30.3 Å². The first-order valence-corrected chi connectivity index (χ1v) is 5.95. The predicted octanol–water partition coefficient (Wildman–Crippen LogP) is 3.52. The maximum absolute atomic E-state index is 5.66. The molecule has 18 heavy (non-hydrogen) atoms. The van der Waals surface area contributed by atoms with Gasteiger partial charge in [-0.15, -0.1) is 0 Å². The molecule has 2 nitrogen and oxygen atoms in total. The van der Waals surface area contributed by atoms with Crippen molar-refractivity contribution < 1.29 is 9.47 Å². The monoisotopic (exact) mass is 238 g/mol. The summed E-state index contributed by atoms with van der Waals surface area (Å²) in [5.74, 6) is 1.71. The van der Waals surface area contributed by atoms with E-state index in [0.717, 1.165) is 17.1 Å². The Bertz CT molecular complexity index is 585. The molecule has 0 unspecified atom stereocenters. The van der Waals surface area contributed by atoms with Gasteiger partial charge in [0.05, 0.1) is 7.11 Å². The summed E-state index contributed by atoms with van der Waals surface area (Å²) < 4.78 is 10.9. The standard InChI is InChI=1S/C16H14O2/c1-17-13-7-8-15-14(9-10-18-16(15)11-13)12-5-3-2-4-6-12/h2-9,11H,10H2,1H3. The van der Waals surface area contributed by atoms with Gasteiger partial charge in [0.2, 0.25) is 0 Å². The van der Waals surface area contributed by atoms with Gasteiger partial charge in [-0.05, 0) is 29.3 Å². The Balaban J connectivity index is 2.08. The van der Waals surface area contributed by atoms with Crippen molar-refractivity contribution in [3.8, 4) is 11.5 Å². The molecule has 1 heterocycles. The summed E-state index contributed by atoms with van der Waals surface area (Å²) in [6.45, 7) is 0.602. The van der Waals surface area contributed by atoms with Gasteiger partial charge in [-0.25, -0.2) is 0 Å². The van der Waals surface area contributed by atoms with E-state index in [-0.39, 0.29) is 0 Å². The fraction of sp³-hybridized carbons (Fsp3) is 0.125. The summed E-state index contributed by atoms with van der Waals surface area (Å²) in [6, 6.07) is 16.3. The second kappa shape index (κ2) is 4.57. The van der Waals surface area contributed by atoms with E-state index >= 15 is 0 Å². The van der Waals surface area contributed by atoms with Crippen LogP contribution < -0.4 is 9.47 Å². The summed E-state index contributed by atoms with van der Waals surface area (Å²) in [7, 11) is 1.67. The van der Waals surface area contributed by atoms with Crippen molar-refractivity contribution in [2.45, 2.75) is 0 Å². The van der Waals surface area contributed by atoms with Gasteiger partial charge in [0.1, 0.15) is 18.1 Å². The molecular formula is C16H14O2. The quantitative estimate of drug-likeness (QED) is 0.797. The van der Waals surface area contributed by atoms with E-state index in [1.807, 2.05) is 24.3 Å². The summed E-state index contributed by atoms with van der Waals surface area (Å²) in [4.78, 5) is 0. The lowest BCUT2D eigenvalue weighted by Gasteiger charge is -2.19. The molecule has 1 aliphatic heterocycles. The van der Waals surface area contributed by atoms with Crippen molar-refractivity contribution in [1.82, 2.24) is 0 Å². The second-order valence-corrected chi connectivity index (χ2v) is 4.16. The molecule has 0 spiro atoms. The topological polar surface area (TPSA) is 18.5 Å². The highest BCUT2D eigenvalue weighted by Gasteiger charge is 2.15. The Hall–Kier alpha value is -2.22. The highest BCUT2D eigenvalue weighted by Crippen LogP contribution is 2.36. The third-order valence-corrected chi connectivity index (χ3v) is 3.09. The number of hydrogen-bond donors (Lipinski definition) is 0. The lowest BCUT2D eigenvalue weighted by Crippen LogP contribution is -2.05. The van der Waals surface area contributed by atoms with E-state index < -0.39 is 0 Å². The Morgan fingerprint density at radius 1 is 1.06 bits per heavy atom. The number of ether oxygens (including phenoxy) is 2. The van der Waals surface area contributed by atoms with Crippen LogP contribution in [0.2, 0.25) is 0 Å². The van der Waals surface area contributed by atoms with Gasteiger partial charge in [0.15, 0.2) is 0 Å². The zero-order valence-electron chi connectivity index (χ0n) is 10.2. The third-order valence-electron chi connectivity index (χ3n) is 3.09. The fourth-order valence-corrected chi connectivity index (χ4v) is 2.19. The number of methoxy groups -OCH3 is 1. The molecule has 0 N–H and O–H groups in total. The molecule has 0 aromatic heterocycles. The number of rotatable bonds is 2. The third kappa shape index (κ3) is 1.86. The maximum atomic E-state index is 5.66. The van der Waals surface area contributed by atoms with Gasteiger partial charge >= 0.3 is 0 Å². The van der Waals surface area contributed by atoms with Crippen LogP contribution in [0.25, 0.3) is 5.57 Å². The lowest BCUT2D eigenvalue weighted by atomic mass is 9.95. The average molecular weight is 238 g/mol. The van der Waals surface area contributed by atoms with Crippen molar-refractivity contribution in [3.63, 3.8) is 0 Å². The molecule has 90 valence electrons. The molecule has 2 aromatic carbocycles. The summed E-state index contributed by atoms with van der Waals surface area (Å²) in [5.41, 5.74) is 3.56. The minimum Gasteiger partial charge on any atom is -0.497 e. The smallest absolute Gasteiger partial charge is 0.131 e. The number of hydrogen-bond acceptors (Lipinski definition) is 2. The molecule has 0 saturated carbocycles. The van der Waals surface area contributed by atoms with Crippen LogP contribution in [0.3, 0.4) is 0 Å². The Kier molecular flexibility index (Phi) is 2.77. The lowest BCUT2D eigenvalue weighted by molar-refractivity contribution is 0.352. The summed E-state index contributed by atoms with van der Waals surface area (Å²) in [6.07, 6.45) is 2.12. The number of benzene rings is 2. The average Bonchev–Trinajstić information content (AvgIpc) is 2.47. The van der Waals surface area contributed by atoms with Crippen LogP contribution in [-0.4, -0.2) is 13.7 Å². The molecular weight excluding hydrogens is 224 g/mol. The van der Waals surface area contributed by atoms with Gasteiger partial charge in [-0.2, -0.15) is 0 Å². The van der Waals surface area contributed by atoms with Gasteiger partial charge in [-0.1, -0.05) is 30.3 Å². The van der Waals surface area contributed by atoms with E-state index in [0.29, 0.717) is 6.61 Å². The van der Waals surface area contributed by atoms with E-state index in [9.17, 15) is 0 Å². The van der Waals surface area contributed by atoms with E-state index in [4.69, 9.17) is 9.47 Å². The Morgan fingerprint density at radius 3 is 2.67 bits per heavy atom. The predicted molar refractivity (Wildman–Crippen MR) is 72.0 cm³/mol. The molecule has 3 rings (SSSR count). The summed E-state index contributed by atoms with van der Waals surface area (Å²) in [5, 5.41) is 0. The van der Waals surface area contributed by atoms with Crippen LogP contribution >= 0.6 is 0 Å².